The van der Waals surface area contributed by atoms with Gasteiger partial charge in [-0.2, -0.15) is 0 Å². The molecule has 1 atom stereocenters. The van der Waals surface area contributed by atoms with E-state index in [0.717, 1.165) is 46.3 Å². The van der Waals surface area contributed by atoms with E-state index in [9.17, 15) is 0 Å². The van der Waals surface area contributed by atoms with Gasteiger partial charge < -0.3 is 18.9 Å². The van der Waals surface area contributed by atoms with E-state index < -0.39 is 5.79 Å². The van der Waals surface area contributed by atoms with Crippen LogP contribution in [0.25, 0.3) is 11.1 Å². The van der Waals surface area contributed by atoms with Crippen LogP contribution in [-0.4, -0.2) is 33.2 Å². The Morgan fingerprint density at radius 3 is 2.20 bits per heavy atom. The Morgan fingerprint density at radius 2 is 1.64 bits per heavy atom. The topological polar surface area (TPSA) is 36.9 Å². The van der Waals surface area contributed by atoms with Gasteiger partial charge in [0.05, 0.1) is 33.0 Å². The van der Waals surface area contributed by atoms with Crippen LogP contribution < -0.4 is 14.8 Å². The highest BCUT2D eigenvalue weighted by Gasteiger charge is 2.30. The quantitative estimate of drug-likeness (QED) is 0.738. The lowest BCUT2D eigenvalue weighted by atomic mass is 9.98. The summed E-state index contributed by atoms with van der Waals surface area (Å²) in [6, 6.07) is 12.3. The van der Waals surface area contributed by atoms with E-state index in [1.807, 2.05) is 19.1 Å². The molecule has 4 nitrogen and oxygen atoms in total. The molecule has 2 aromatic rings. The molecule has 1 aliphatic heterocycles. The maximum atomic E-state index is 5.70. The molecule has 0 aromatic heterocycles. The highest BCUT2D eigenvalue weighted by Crippen LogP contribution is 2.40. The molecule has 3 rings (SSSR count). The summed E-state index contributed by atoms with van der Waals surface area (Å²) < 4.78 is 22.8. The normalized spacial score (nSPS) is 16.0. The van der Waals surface area contributed by atoms with Crippen molar-refractivity contribution in [1.82, 2.24) is 0 Å². The minimum Gasteiger partial charge on any atom is -0.496 e. The van der Waals surface area contributed by atoms with Gasteiger partial charge in [0.2, 0.25) is 0 Å². The van der Waals surface area contributed by atoms with Crippen molar-refractivity contribution in [2.75, 3.05) is 27.4 Å². The minimum atomic E-state index is -0.494. The molecule has 1 heterocycles. The van der Waals surface area contributed by atoms with Gasteiger partial charge in [0.1, 0.15) is 11.5 Å². The van der Waals surface area contributed by atoms with Crippen molar-refractivity contribution in [2.45, 2.75) is 25.6 Å². The van der Waals surface area contributed by atoms with Gasteiger partial charge in [-0.1, -0.05) is 24.3 Å². The summed E-state index contributed by atoms with van der Waals surface area (Å²) in [5.41, 5.74) is 3.19. The molecule has 1 aliphatic rings. The summed E-state index contributed by atoms with van der Waals surface area (Å²) in [4.78, 5) is 0. The van der Waals surface area contributed by atoms with Crippen LogP contribution in [0.2, 0.25) is 0 Å². The molecule has 1 fully saturated rings. The van der Waals surface area contributed by atoms with Crippen molar-refractivity contribution < 1.29 is 18.9 Å². The number of rotatable bonds is 6. The molecule has 0 radical (unpaired) electrons. The van der Waals surface area contributed by atoms with Crippen molar-refractivity contribution in [3.05, 3.63) is 42.0 Å². The third kappa shape index (κ3) is 3.98. The van der Waals surface area contributed by atoms with E-state index in [1.165, 1.54) is 0 Å². The SMILES string of the molecule is COc1cc(CCC2(C)OCCO2)cc(OC)c1-c1ccccc1P. The van der Waals surface area contributed by atoms with E-state index in [1.54, 1.807) is 14.2 Å². The number of hydrogen-bond acceptors (Lipinski definition) is 4. The van der Waals surface area contributed by atoms with Crippen molar-refractivity contribution in [3.63, 3.8) is 0 Å². The van der Waals surface area contributed by atoms with Gasteiger partial charge in [-0.05, 0) is 41.9 Å². The first-order valence-corrected chi connectivity index (χ1v) is 9.02. The number of methoxy groups -OCH3 is 2. The standard InChI is InChI=1S/C20H25O4P/c1-20(23-10-11-24-20)9-8-14-12-16(21-2)19(17(13-14)22-3)15-6-4-5-7-18(15)25/h4-7,12-13H,8-11,25H2,1-3H3. The predicted molar refractivity (Wildman–Crippen MR) is 103 cm³/mol. The summed E-state index contributed by atoms with van der Waals surface area (Å²) in [6.45, 7) is 3.31. The largest absolute Gasteiger partial charge is 0.496 e. The number of benzene rings is 2. The molecule has 134 valence electrons. The van der Waals surface area contributed by atoms with Crippen molar-refractivity contribution in [2.24, 2.45) is 0 Å². The molecular weight excluding hydrogens is 335 g/mol. The summed E-state index contributed by atoms with van der Waals surface area (Å²) in [7, 11) is 6.16. The average Bonchev–Trinajstić information content (AvgIpc) is 3.06. The van der Waals surface area contributed by atoms with E-state index in [2.05, 4.69) is 33.5 Å². The van der Waals surface area contributed by atoms with Crippen LogP contribution in [0, 0.1) is 0 Å². The van der Waals surface area contributed by atoms with Crippen molar-refractivity contribution in [3.8, 4) is 22.6 Å². The van der Waals surface area contributed by atoms with E-state index in [4.69, 9.17) is 18.9 Å². The zero-order chi connectivity index (χ0) is 17.9. The molecule has 0 amide bonds. The summed E-state index contributed by atoms with van der Waals surface area (Å²) in [5, 5.41) is 1.10. The zero-order valence-electron chi connectivity index (χ0n) is 15.0. The maximum Gasteiger partial charge on any atom is 0.166 e. The van der Waals surface area contributed by atoms with Crippen LogP contribution in [0.3, 0.4) is 0 Å². The second-order valence-corrected chi connectivity index (χ2v) is 6.92. The third-order valence-corrected chi connectivity index (χ3v) is 5.07. The van der Waals surface area contributed by atoms with E-state index in [0.29, 0.717) is 13.2 Å². The highest BCUT2D eigenvalue weighted by atomic mass is 31.0. The Hall–Kier alpha value is -1.61. The van der Waals surface area contributed by atoms with Gasteiger partial charge in [0.15, 0.2) is 5.79 Å². The Labute approximate surface area is 151 Å². The lowest BCUT2D eigenvalue weighted by molar-refractivity contribution is -0.146. The molecular formula is C20H25O4P. The molecule has 0 N–H and O–H groups in total. The summed E-state index contributed by atoms with van der Waals surface area (Å²) in [6.07, 6.45) is 1.62. The predicted octanol–water partition coefficient (Wildman–Crippen LogP) is 3.57. The van der Waals surface area contributed by atoms with Gasteiger partial charge >= 0.3 is 0 Å². The molecule has 1 unspecified atom stereocenters. The number of hydrogen-bond donors (Lipinski definition) is 0. The fraction of sp³-hybridized carbons (Fsp3) is 0.400. The molecule has 5 heteroatoms. The minimum absolute atomic E-state index is 0.494. The van der Waals surface area contributed by atoms with Crippen molar-refractivity contribution in [1.29, 1.82) is 0 Å². The van der Waals surface area contributed by atoms with Gasteiger partial charge in [0.25, 0.3) is 0 Å². The molecule has 0 aliphatic carbocycles. The second-order valence-electron chi connectivity index (χ2n) is 6.29. The van der Waals surface area contributed by atoms with E-state index >= 15 is 0 Å². The lowest BCUT2D eigenvalue weighted by Crippen LogP contribution is -2.26. The molecule has 2 aromatic carbocycles. The Kier molecular flexibility index (Phi) is 5.63. The average molecular weight is 360 g/mol. The van der Waals surface area contributed by atoms with E-state index in [-0.39, 0.29) is 0 Å². The molecule has 0 saturated carbocycles. The highest BCUT2D eigenvalue weighted by molar-refractivity contribution is 7.28. The van der Waals surface area contributed by atoms with Crippen molar-refractivity contribution >= 4 is 14.5 Å². The van der Waals surface area contributed by atoms with Crippen LogP contribution in [0.15, 0.2) is 36.4 Å². The van der Waals surface area contributed by atoms with Gasteiger partial charge in [-0.15, -0.1) is 9.24 Å². The molecule has 1 saturated heterocycles. The number of aryl methyl sites for hydroxylation is 1. The van der Waals surface area contributed by atoms with Crippen LogP contribution >= 0.6 is 9.24 Å². The van der Waals surface area contributed by atoms with Crippen LogP contribution in [0.5, 0.6) is 11.5 Å². The number of ether oxygens (including phenoxy) is 4. The maximum absolute atomic E-state index is 5.70. The Morgan fingerprint density at radius 1 is 1.04 bits per heavy atom. The van der Waals surface area contributed by atoms with Crippen LogP contribution in [0.1, 0.15) is 18.9 Å². The fourth-order valence-electron chi connectivity index (χ4n) is 3.17. The molecule has 0 spiro atoms. The van der Waals surface area contributed by atoms with Crippen LogP contribution in [0.4, 0.5) is 0 Å². The smallest absolute Gasteiger partial charge is 0.166 e. The molecule has 25 heavy (non-hydrogen) atoms. The fourth-order valence-corrected chi connectivity index (χ4v) is 3.52. The first-order valence-electron chi connectivity index (χ1n) is 8.44. The van der Waals surface area contributed by atoms with Gasteiger partial charge in [-0.25, -0.2) is 0 Å². The van der Waals surface area contributed by atoms with Gasteiger partial charge in [0, 0.05) is 6.42 Å². The Bertz CT molecular complexity index is 713. The monoisotopic (exact) mass is 360 g/mol. The van der Waals surface area contributed by atoms with Crippen LogP contribution in [-0.2, 0) is 15.9 Å². The second kappa shape index (κ2) is 7.74. The Balaban J connectivity index is 1.94. The third-order valence-electron chi connectivity index (χ3n) is 4.56. The summed E-state index contributed by atoms with van der Waals surface area (Å²) in [5.74, 6) is 1.12. The molecule has 0 bridgehead atoms. The van der Waals surface area contributed by atoms with Gasteiger partial charge in [-0.3, -0.25) is 0 Å². The zero-order valence-corrected chi connectivity index (χ0v) is 16.2. The summed E-state index contributed by atoms with van der Waals surface area (Å²) >= 11 is 0. The first-order chi connectivity index (χ1) is 12.1. The first kappa shape index (κ1) is 18.2. The lowest BCUT2D eigenvalue weighted by Gasteiger charge is -2.23.